The number of ether oxygens (including phenoxy) is 1. The lowest BCUT2D eigenvalue weighted by molar-refractivity contribution is -0.111. The van der Waals surface area contributed by atoms with E-state index in [2.05, 4.69) is 21.9 Å². The highest BCUT2D eigenvalue weighted by Gasteiger charge is 2.27. The largest absolute Gasteiger partial charge is 0.497 e. The quantitative estimate of drug-likeness (QED) is 0.622. The molecule has 7 nitrogen and oxygen atoms in total. The van der Waals surface area contributed by atoms with Gasteiger partial charge in [0.1, 0.15) is 11.6 Å². The van der Waals surface area contributed by atoms with Gasteiger partial charge in [-0.25, -0.2) is 9.97 Å². The fraction of sp³-hybridized carbons (Fsp3) is 0.250. The maximum atomic E-state index is 12.9. The SMILES string of the molecule is C=CC(=O)Nc1ccc(C(=O)N2CC[C@@H](Cc3ncc4ccc(OC)cc4n3)C2)cc1. The Labute approximate surface area is 180 Å². The number of benzene rings is 2. The van der Waals surface area contributed by atoms with Gasteiger partial charge in [-0.1, -0.05) is 6.58 Å². The number of hydrogen-bond acceptors (Lipinski definition) is 5. The third-order valence-electron chi connectivity index (χ3n) is 5.47. The maximum absolute atomic E-state index is 12.9. The molecule has 1 fully saturated rings. The second kappa shape index (κ2) is 8.95. The van der Waals surface area contributed by atoms with Gasteiger partial charge >= 0.3 is 0 Å². The zero-order valence-electron chi connectivity index (χ0n) is 17.4. The van der Waals surface area contributed by atoms with E-state index in [0.29, 0.717) is 30.3 Å². The number of fused-ring (bicyclic) bond motifs is 1. The van der Waals surface area contributed by atoms with E-state index in [1.54, 1.807) is 31.4 Å². The van der Waals surface area contributed by atoms with Crippen LogP contribution < -0.4 is 10.1 Å². The molecule has 0 aliphatic carbocycles. The predicted molar refractivity (Wildman–Crippen MR) is 119 cm³/mol. The molecular weight excluding hydrogens is 392 g/mol. The summed E-state index contributed by atoms with van der Waals surface area (Å²) in [6, 6.07) is 12.7. The molecule has 0 saturated carbocycles. The molecule has 1 atom stereocenters. The van der Waals surface area contributed by atoms with Gasteiger partial charge in [-0.2, -0.15) is 0 Å². The molecule has 31 heavy (non-hydrogen) atoms. The number of methoxy groups -OCH3 is 1. The van der Waals surface area contributed by atoms with E-state index >= 15 is 0 Å². The summed E-state index contributed by atoms with van der Waals surface area (Å²) in [5.74, 6) is 1.58. The molecule has 1 aliphatic rings. The first-order valence-corrected chi connectivity index (χ1v) is 10.2. The molecule has 1 saturated heterocycles. The number of aromatic nitrogens is 2. The number of rotatable bonds is 6. The molecule has 0 unspecified atom stereocenters. The van der Waals surface area contributed by atoms with Crippen molar-refractivity contribution in [2.75, 3.05) is 25.5 Å². The molecule has 0 radical (unpaired) electrons. The molecule has 1 aromatic heterocycles. The average Bonchev–Trinajstić information content (AvgIpc) is 3.27. The first-order valence-electron chi connectivity index (χ1n) is 10.2. The van der Waals surface area contributed by atoms with Crippen molar-refractivity contribution >= 4 is 28.4 Å². The fourth-order valence-corrected chi connectivity index (χ4v) is 3.78. The molecule has 3 aromatic rings. The smallest absolute Gasteiger partial charge is 0.253 e. The summed E-state index contributed by atoms with van der Waals surface area (Å²) >= 11 is 0. The highest BCUT2D eigenvalue weighted by Crippen LogP contribution is 2.24. The molecule has 1 N–H and O–H groups in total. The van der Waals surface area contributed by atoms with Gasteiger partial charge in [-0.15, -0.1) is 0 Å². The first-order chi connectivity index (χ1) is 15.1. The first kappa shape index (κ1) is 20.5. The Kier molecular flexibility index (Phi) is 5.93. The average molecular weight is 416 g/mol. The van der Waals surface area contributed by atoms with Gasteiger partial charge in [-0.3, -0.25) is 9.59 Å². The van der Waals surface area contributed by atoms with Gasteiger partial charge in [0, 0.05) is 48.4 Å². The van der Waals surface area contributed by atoms with E-state index in [-0.39, 0.29) is 11.8 Å². The minimum Gasteiger partial charge on any atom is -0.497 e. The zero-order valence-corrected chi connectivity index (χ0v) is 17.4. The Hall–Kier alpha value is -3.74. The summed E-state index contributed by atoms with van der Waals surface area (Å²) in [6.45, 7) is 4.81. The van der Waals surface area contributed by atoms with Crippen LogP contribution >= 0.6 is 0 Å². The van der Waals surface area contributed by atoms with Crippen LogP contribution in [-0.4, -0.2) is 46.9 Å². The summed E-state index contributed by atoms with van der Waals surface area (Å²) in [7, 11) is 1.64. The van der Waals surface area contributed by atoms with Crippen LogP contribution in [-0.2, 0) is 11.2 Å². The Bertz CT molecular complexity index is 1130. The minimum atomic E-state index is -0.282. The highest BCUT2D eigenvalue weighted by molar-refractivity contribution is 5.99. The summed E-state index contributed by atoms with van der Waals surface area (Å²) in [6.07, 6.45) is 4.68. The van der Waals surface area contributed by atoms with Gasteiger partial charge in [0.05, 0.1) is 12.6 Å². The third kappa shape index (κ3) is 4.71. The van der Waals surface area contributed by atoms with Crippen LogP contribution in [0.5, 0.6) is 5.75 Å². The summed E-state index contributed by atoms with van der Waals surface area (Å²) in [5.41, 5.74) is 2.09. The summed E-state index contributed by atoms with van der Waals surface area (Å²) < 4.78 is 5.28. The van der Waals surface area contributed by atoms with Crippen LogP contribution in [0, 0.1) is 5.92 Å². The molecule has 2 heterocycles. The molecule has 4 rings (SSSR count). The van der Waals surface area contributed by atoms with Crippen LogP contribution in [0.1, 0.15) is 22.6 Å². The molecule has 7 heteroatoms. The van der Waals surface area contributed by atoms with E-state index in [0.717, 1.165) is 35.3 Å². The lowest BCUT2D eigenvalue weighted by atomic mass is 10.0. The monoisotopic (exact) mass is 416 g/mol. The zero-order chi connectivity index (χ0) is 21.8. The predicted octanol–water partition coefficient (Wildman–Crippen LogP) is 3.47. The van der Waals surface area contributed by atoms with E-state index < -0.39 is 0 Å². The number of carbonyl (C=O) groups excluding carboxylic acids is 2. The summed E-state index contributed by atoms with van der Waals surface area (Å²) in [5, 5.41) is 3.65. The van der Waals surface area contributed by atoms with Crippen LogP contribution in [0.4, 0.5) is 5.69 Å². The van der Waals surface area contributed by atoms with Gasteiger partial charge in [0.15, 0.2) is 0 Å². The van der Waals surface area contributed by atoms with Crippen LogP contribution in [0.2, 0.25) is 0 Å². The van der Waals surface area contributed by atoms with Crippen molar-refractivity contribution in [3.05, 3.63) is 72.7 Å². The Morgan fingerprint density at radius 3 is 2.81 bits per heavy atom. The van der Waals surface area contributed by atoms with E-state index in [1.165, 1.54) is 6.08 Å². The molecule has 0 bridgehead atoms. The second-order valence-electron chi connectivity index (χ2n) is 7.59. The molecule has 1 aliphatic heterocycles. The van der Waals surface area contributed by atoms with Gasteiger partial charge in [0.25, 0.3) is 5.91 Å². The molecule has 0 spiro atoms. The van der Waals surface area contributed by atoms with Gasteiger partial charge in [-0.05, 0) is 54.8 Å². The molecule has 2 aromatic carbocycles. The van der Waals surface area contributed by atoms with Crippen molar-refractivity contribution in [2.24, 2.45) is 5.92 Å². The van der Waals surface area contributed by atoms with E-state index in [9.17, 15) is 9.59 Å². The Morgan fingerprint density at radius 2 is 2.06 bits per heavy atom. The van der Waals surface area contributed by atoms with Crippen LogP contribution in [0.15, 0.2) is 61.3 Å². The van der Waals surface area contributed by atoms with Crippen LogP contribution in [0.3, 0.4) is 0 Å². The van der Waals surface area contributed by atoms with Crippen molar-refractivity contribution < 1.29 is 14.3 Å². The number of nitrogens with one attached hydrogen (secondary N) is 1. The van der Waals surface area contributed by atoms with E-state index in [4.69, 9.17) is 4.74 Å². The van der Waals surface area contributed by atoms with Gasteiger partial charge < -0.3 is 15.0 Å². The Morgan fingerprint density at radius 1 is 1.26 bits per heavy atom. The van der Waals surface area contributed by atoms with Crippen molar-refractivity contribution in [3.8, 4) is 5.75 Å². The Balaban J connectivity index is 1.38. The number of amides is 2. The molecular formula is C24H24N4O3. The van der Waals surface area contributed by atoms with E-state index in [1.807, 2.05) is 29.3 Å². The number of carbonyl (C=O) groups is 2. The normalized spacial score (nSPS) is 15.6. The molecule has 2 amide bonds. The van der Waals surface area contributed by atoms with Crippen molar-refractivity contribution in [1.82, 2.24) is 14.9 Å². The fourth-order valence-electron chi connectivity index (χ4n) is 3.78. The second-order valence-corrected chi connectivity index (χ2v) is 7.59. The highest BCUT2D eigenvalue weighted by atomic mass is 16.5. The van der Waals surface area contributed by atoms with Crippen molar-refractivity contribution in [2.45, 2.75) is 12.8 Å². The summed E-state index contributed by atoms with van der Waals surface area (Å²) in [4.78, 5) is 35.3. The third-order valence-corrected chi connectivity index (χ3v) is 5.47. The lowest BCUT2D eigenvalue weighted by Gasteiger charge is -2.17. The lowest BCUT2D eigenvalue weighted by Crippen LogP contribution is -2.29. The standard InChI is InChI=1S/C24H24N4O3/c1-3-23(29)26-19-7-4-17(5-8-19)24(30)28-11-10-16(15-28)12-22-25-14-18-6-9-20(31-2)13-21(18)27-22/h3-9,13-14,16H,1,10-12,15H2,2H3,(H,26,29)/t16-/m0/s1. The van der Waals surface area contributed by atoms with Gasteiger partial charge in [0.2, 0.25) is 5.91 Å². The minimum absolute atomic E-state index is 0.00624. The molecule has 158 valence electrons. The van der Waals surface area contributed by atoms with Crippen molar-refractivity contribution in [3.63, 3.8) is 0 Å². The number of nitrogens with zero attached hydrogens (tertiary/aromatic N) is 3. The van der Waals surface area contributed by atoms with Crippen LogP contribution in [0.25, 0.3) is 10.9 Å². The number of likely N-dealkylation sites (tertiary alicyclic amines) is 1. The topological polar surface area (TPSA) is 84.4 Å². The maximum Gasteiger partial charge on any atom is 0.253 e. The number of anilines is 1. The number of hydrogen-bond donors (Lipinski definition) is 1. The van der Waals surface area contributed by atoms with Crippen molar-refractivity contribution in [1.29, 1.82) is 0 Å².